The van der Waals surface area contributed by atoms with Crippen LogP contribution in [-0.2, 0) is 4.79 Å². The molecule has 2 N–H and O–H groups in total. The zero-order valence-corrected chi connectivity index (χ0v) is 10.1. The standard InChI is InChI=1S/C12H17N3O2/c1-7-6-13-8(2)11(14-7)15-10-4-3-9(5-10)12(16)17/h6,9-10H,3-5H2,1-2H3,(H,14,15)(H,16,17). The highest BCUT2D eigenvalue weighted by Crippen LogP contribution is 2.28. The summed E-state index contributed by atoms with van der Waals surface area (Å²) in [5.74, 6) is -0.132. The van der Waals surface area contributed by atoms with Crippen molar-refractivity contribution in [3.8, 4) is 0 Å². The molecule has 0 bridgehead atoms. The molecule has 2 rings (SSSR count). The van der Waals surface area contributed by atoms with E-state index in [0.29, 0.717) is 6.42 Å². The average molecular weight is 235 g/mol. The van der Waals surface area contributed by atoms with Gasteiger partial charge in [0.25, 0.3) is 0 Å². The number of hydrogen-bond acceptors (Lipinski definition) is 4. The first-order valence-electron chi connectivity index (χ1n) is 5.86. The number of carboxylic acids is 1. The molecular formula is C12H17N3O2. The van der Waals surface area contributed by atoms with Crippen molar-refractivity contribution in [2.24, 2.45) is 5.92 Å². The fraction of sp³-hybridized carbons (Fsp3) is 0.583. The van der Waals surface area contributed by atoms with Gasteiger partial charge in [-0.05, 0) is 33.1 Å². The molecule has 1 aromatic rings. The molecule has 0 amide bonds. The lowest BCUT2D eigenvalue weighted by Crippen LogP contribution is -2.19. The van der Waals surface area contributed by atoms with Crippen molar-refractivity contribution in [2.45, 2.75) is 39.2 Å². The van der Waals surface area contributed by atoms with Gasteiger partial charge in [0.2, 0.25) is 0 Å². The zero-order chi connectivity index (χ0) is 12.4. The third kappa shape index (κ3) is 2.72. The van der Waals surface area contributed by atoms with Crippen LogP contribution in [0.3, 0.4) is 0 Å². The first-order valence-corrected chi connectivity index (χ1v) is 5.86. The Balaban J connectivity index is 2.02. The minimum Gasteiger partial charge on any atom is -0.481 e. The second kappa shape index (κ2) is 4.69. The molecule has 1 aliphatic carbocycles. The summed E-state index contributed by atoms with van der Waals surface area (Å²) in [5, 5.41) is 12.2. The van der Waals surface area contributed by atoms with Gasteiger partial charge in [0, 0.05) is 12.2 Å². The van der Waals surface area contributed by atoms with Crippen molar-refractivity contribution in [3.63, 3.8) is 0 Å². The Hall–Kier alpha value is -1.65. The number of anilines is 1. The lowest BCUT2D eigenvalue weighted by molar-refractivity contribution is -0.141. The highest BCUT2D eigenvalue weighted by molar-refractivity contribution is 5.70. The zero-order valence-electron chi connectivity index (χ0n) is 10.1. The minimum atomic E-state index is -0.693. The monoisotopic (exact) mass is 235 g/mol. The van der Waals surface area contributed by atoms with E-state index in [1.165, 1.54) is 0 Å². The lowest BCUT2D eigenvalue weighted by atomic mass is 10.1. The summed E-state index contributed by atoms with van der Waals surface area (Å²) in [5.41, 5.74) is 1.72. The molecule has 1 heterocycles. The maximum Gasteiger partial charge on any atom is 0.306 e. The summed E-state index contributed by atoms with van der Waals surface area (Å²) in [4.78, 5) is 19.5. The molecule has 5 nitrogen and oxygen atoms in total. The van der Waals surface area contributed by atoms with E-state index in [2.05, 4.69) is 15.3 Å². The van der Waals surface area contributed by atoms with Crippen molar-refractivity contribution >= 4 is 11.8 Å². The molecule has 2 unspecified atom stereocenters. The quantitative estimate of drug-likeness (QED) is 0.835. The van der Waals surface area contributed by atoms with Gasteiger partial charge in [0.15, 0.2) is 0 Å². The predicted molar refractivity (Wildman–Crippen MR) is 63.9 cm³/mol. The van der Waals surface area contributed by atoms with Crippen molar-refractivity contribution in [1.29, 1.82) is 0 Å². The number of nitrogens with zero attached hydrogens (tertiary/aromatic N) is 2. The van der Waals surface area contributed by atoms with Gasteiger partial charge < -0.3 is 10.4 Å². The maximum absolute atomic E-state index is 10.9. The predicted octanol–water partition coefficient (Wildman–Crippen LogP) is 1.76. The van der Waals surface area contributed by atoms with Gasteiger partial charge >= 0.3 is 5.97 Å². The number of rotatable bonds is 3. The average Bonchev–Trinajstić information content (AvgIpc) is 2.72. The Kier molecular flexibility index (Phi) is 3.26. The highest BCUT2D eigenvalue weighted by atomic mass is 16.4. The molecule has 0 aliphatic heterocycles. The molecule has 5 heteroatoms. The number of carbonyl (C=O) groups is 1. The van der Waals surface area contributed by atoms with Crippen molar-refractivity contribution < 1.29 is 9.90 Å². The Morgan fingerprint density at radius 2 is 2.24 bits per heavy atom. The third-order valence-corrected chi connectivity index (χ3v) is 3.20. The highest BCUT2D eigenvalue weighted by Gasteiger charge is 2.30. The Morgan fingerprint density at radius 1 is 1.47 bits per heavy atom. The maximum atomic E-state index is 10.9. The molecule has 0 aromatic carbocycles. The van der Waals surface area contributed by atoms with Crippen LogP contribution >= 0.6 is 0 Å². The summed E-state index contributed by atoms with van der Waals surface area (Å²) in [6.45, 7) is 3.80. The van der Waals surface area contributed by atoms with E-state index in [-0.39, 0.29) is 12.0 Å². The van der Waals surface area contributed by atoms with Crippen LogP contribution in [0.4, 0.5) is 5.82 Å². The van der Waals surface area contributed by atoms with Crippen LogP contribution in [-0.4, -0.2) is 27.1 Å². The van der Waals surface area contributed by atoms with Gasteiger partial charge in [-0.2, -0.15) is 0 Å². The summed E-state index contributed by atoms with van der Waals surface area (Å²) in [6, 6.07) is 0.200. The van der Waals surface area contributed by atoms with Crippen molar-refractivity contribution in [2.75, 3.05) is 5.32 Å². The van der Waals surface area contributed by atoms with Crippen LogP contribution in [0.2, 0.25) is 0 Å². The molecule has 0 saturated heterocycles. The number of carboxylic acid groups (broad SMARTS) is 1. The Labute approximate surface area is 100 Å². The second-order valence-corrected chi connectivity index (χ2v) is 4.63. The normalized spacial score (nSPS) is 23.6. The molecule has 1 fully saturated rings. The van der Waals surface area contributed by atoms with E-state index in [0.717, 1.165) is 30.0 Å². The molecule has 1 aliphatic rings. The van der Waals surface area contributed by atoms with E-state index < -0.39 is 5.97 Å². The topological polar surface area (TPSA) is 75.1 Å². The fourth-order valence-electron chi connectivity index (χ4n) is 2.20. The third-order valence-electron chi connectivity index (χ3n) is 3.20. The van der Waals surface area contributed by atoms with Crippen LogP contribution in [0.15, 0.2) is 6.20 Å². The molecule has 2 atom stereocenters. The van der Waals surface area contributed by atoms with E-state index in [9.17, 15) is 4.79 Å². The SMILES string of the molecule is Cc1cnc(C)c(NC2CCC(C(=O)O)C2)n1. The molecule has 0 radical (unpaired) electrons. The summed E-state index contributed by atoms with van der Waals surface area (Å²) >= 11 is 0. The van der Waals surface area contributed by atoms with Crippen molar-refractivity contribution in [1.82, 2.24) is 9.97 Å². The van der Waals surface area contributed by atoms with Gasteiger partial charge in [-0.1, -0.05) is 0 Å². The minimum absolute atomic E-state index is 0.200. The largest absolute Gasteiger partial charge is 0.481 e. The van der Waals surface area contributed by atoms with Crippen molar-refractivity contribution in [3.05, 3.63) is 17.6 Å². The van der Waals surface area contributed by atoms with Gasteiger partial charge in [-0.15, -0.1) is 0 Å². The molecular weight excluding hydrogens is 218 g/mol. The molecule has 92 valence electrons. The van der Waals surface area contributed by atoms with E-state index in [1.807, 2.05) is 13.8 Å². The first kappa shape index (κ1) is 11.8. The molecule has 1 aromatic heterocycles. The van der Waals surface area contributed by atoms with E-state index in [1.54, 1.807) is 6.20 Å². The summed E-state index contributed by atoms with van der Waals surface area (Å²) in [7, 11) is 0. The van der Waals surface area contributed by atoms with Crippen LogP contribution < -0.4 is 5.32 Å². The number of aromatic nitrogens is 2. The number of aryl methyl sites for hydroxylation is 2. The van der Waals surface area contributed by atoms with Gasteiger partial charge in [0.1, 0.15) is 5.82 Å². The van der Waals surface area contributed by atoms with Crippen LogP contribution in [0.5, 0.6) is 0 Å². The van der Waals surface area contributed by atoms with Crippen LogP contribution in [0, 0.1) is 19.8 Å². The number of hydrogen-bond donors (Lipinski definition) is 2. The van der Waals surface area contributed by atoms with Gasteiger partial charge in [-0.25, -0.2) is 4.98 Å². The Morgan fingerprint density at radius 3 is 2.88 bits per heavy atom. The van der Waals surface area contributed by atoms with Crippen LogP contribution in [0.25, 0.3) is 0 Å². The Bertz CT molecular complexity index is 434. The van der Waals surface area contributed by atoms with Gasteiger partial charge in [-0.3, -0.25) is 9.78 Å². The van der Waals surface area contributed by atoms with Crippen LogP contribution in [0.1, 0.15) is 30.7 Å². The van der Waals surface area contributed by atoms with E-state index >= 15 is 0 Å². The summed E-state index contributed by atoms with van der Waals surface area (Å²) in [6.07, 6.45) is 4.02. The number of nitrogens with one attached hydrogen (secondary N) is 1. The smallest absolute Gasteiger partial charge is 0.306 e. The molecule has 1 saturated carbocycles. The van der Waals surface area contributed by atoms with E-state index in [4.69, 9.17) is 5.11 Å². The summed E-state index contributed by atoms with van der Waals surface area (Å²) < 4.78 is 0. The lowest BCUT2D eigenvalue weighted by Gasteiger charge is -2.14. The molecule has 17 heavy (non-hydrogen) atoms. The second-order valence-electron chi connectivity index (χ2n) is 4.63. The first-order chi connectivity index (χ1) is 8.06. The molecule has 0 spiro atoms. The van der Waals surface area contributed by atoms with Gasteiger partial charge in [0.05, 0.1) is 17.3 Å². The number of aliphatic carboxylic acids is 1. The fourth-order valence-corrected chi connectivity index (χ4v) is 2.20.